The molecule has 0 heterocycles. The van der Waals surface area contributed by atoms with Crippen molar-refractivity contribution in [2.45, 2.75) is 19.4 Å². The van der Waals surface area contributed by atoms with E-state index in [0.29, 0.717) is 5.69 Å². The first-order chi connectivity index (χ1) is 9.76. The van der Waals surface area contributed by atoms with Crippen molar-refractivity contribution in [3.8, 4) is 0 Å². The molecule has 3 N–H and O–H groups in total. The highest BCUT2D eigenvalue weighted by molar-refractivity contribution is 5.90. The van der Waals surface area contributed by atoms with Crippen LogP contribution >= 0.6 is 0 Å². The topological polar surface area (TPSA) is 89.9 Å². The smallest absolute Gasteiger partial charge is 0.328 e. The molecule has 1 aromatic carbocycles. The first-order valence-electron chi connectivity index (χ1n) is 6.43. The van der Waals surface area contributed by atoms with Crippen LogP contribution < -0.4 is 5.32 Å². The molecule has 1 aromatic rings. The van der Waals surface area contributed by atoms with Gasteiger partial charge in [0.05, 0.1) is 12.1 Å². The summed E-state index contributed by atoms with van der Waals surface area (Å²) >= 11 is 0. The first-order valence-corrected chi connectivity index (χ1v) is 6.43. The largest absolute Gasteiger partial charge is 0.478 e. The first kappa shape index (κ1) is 16.7. The standard InChI is InChI=1S/C15H20N2O4/c1-15(2,10-18)17(3)14(21)16-12-7-4-11(5-8-12)6-9-13(19)20/h4-9,18H,10H2,1-3H3,(H,16,21)(H,19,20)/b9-6+. The zero-order valence-electron chi connectivity index (χ0n) is 12.3. The number of amides is 2. The van der Waals surface area contributed by atoms with E-state index < -0.39 is 11.5 Å². The van der Waals surface area contributed by atoms with Crippen LogP contribution in [0.5, 0.6) is 0 Å². The van der Waals surface area contributed by atoms with Gasteiger partial charge in [-0.1, -0.05) is 12.1 Å². The van der Waals surface area contributed by atoms with Gasteiger partial charge in [-0.25, -0.2) is 9.59 Å². The normalized spacial score (nSPS) is 11.4. The van der Waals surface area contributed by atoms with Crippen LogP contribution in [0.15, 0.2) is 30.3 Å². The molecular weight excluding hydrogens is 272 g/mol. The number of carboxylic acid groups (broad SMARTS) is 1. The van der Waals surface area contributed by atoms with Gasteiger partial charge in [-0.2, -0.15) is 0 Å². The van der Waals surface area contributed by atoms with Gasteiger partial charge in [0.2, 0.25) is 0 Å². The molecule has 1 rings (SSSR count). The van der Waals surface area contributed by atoms with E-state index in [1.807, 2.05) is 0 Å². The van der Waals surface area contributed by atoms with Crippen LogP contribution in [0.25, 0.3) is 6.08 Å². The molecule has 0 spiro atoms. The van der Waals surface area contributed by atoms with Gasteiger partial charge in [0.15, 0.2) is 0 Å². The second kappa shape index (κ2) is 6.90. The van der Waals surface area contributed by atoms with Crippen molar-refractivity contribution < 1.29 is 19.8 Å². The highest BCUT2D eigenvalue weighted by Crippen LogP contribution is 2.15. The van der Waals surface area contributed by atoms with Gasteiger partial charge in [-0.3, -0.25) is 0 Å². The minimum atomic E-state index is -1.01. The molecule has 6 nitrogen and oxygen atoms in total. The average molecular weight is 292 g/mol. The molecule has 0 unspecified atom stereocenters. The Kier molecular flexibility index (Phi) is 5.49. The van der Waals surface area contributed by atoms with Gasteiger partial charge in [-0.15, -0.1) is 0 Å². The summed E-state index contributed by atoms with van der Waals surface area (Å²) in [6, 6.07) is 6.43. The van der Waals surface area contributed by atoms with Crippen LogP contribution in [-0.2, 0) is 4.79 Å². The van der Waals surface area contributed by atoms with E-state index in [1.165, 1.54) is 11.0 Å². The molecule has 0 saturated heterocycles. The van der Waals surface area contributed by atoms with Gasteiger partial charge in [0, 0.05) is 18.8 Å². The number of nitrogens with one attached hydrogen (secondary N) is 1. The number of likely N-dealkylation sites (N-methyl/N-ethyl adjacent to an activating group) is 1. The van der Waals surface area contributed by atoms with Crippen LogP contribution in [-0.4, -0.2) is 46.3 Å². The molecule has 0 atom stereocenters. The minimum Gasteiger partial charge on any atom is -0.478 e. The molecule has 6 heteroatoms. The van der Waals surface area contributed by atoms with E-state index in [-0.39, 0.29) is 12.6 Å². The highest BCUT2D eigenvalue weighted by Gasteiger charge is 2.26. The van der Waals surface area contributed by atoms with Gasteiger partial charge >= 0.3 is 12.0 Å². The maximum atomic E-state index is 12.0. The molecule has 21 heavy (non-hydrogen) atoms. The second-order valence-corrected chi connectivity index (χ2v) is 5.25. The molecule has 0 aliphatic rings. The van der Waals surface area contributed by atoms with Crippen molar-refractivity contribution in [3.05, 3.63) is 35.9 Å². The van der Waals surface area contributed by atoms with Crippen LogP contribution in [0, 0.1) is 0 Å². The van der Waals surface area contributed by atoms with E-state index in [4.69, 9.17) is 5.11 Å². The number of anilines is 1. The van der Waals surface area contributed by atoms with E-state index in [0.717, 1.165) is 11.6 Å². The number of carbonyl (C=O) groups excluding carboxylic acids is 1. The Labute approximate surface area is 123 Å². The zero-order valence-corrected chi connectivity index (χ0v) is 12.3. The lowest BCUT2D eigenvalue weighted by molar-refractivity contribution is -0.131. The molecule has 0 radical (unpaired) electrons. The van der Waals surface area contributed by atoms with Crippen LogP contribution in [0.4, 0.5) is 10.5 Å². The summed E-state index contributed by atoms with van der Waals surface area (Å²) in [5, 5.41) is 20.5. The summed E-state index contributed by atoms with van der Waals surface area (Å²) in [6.07, 6.45) is 2.51. The Hall–Kier alpha value is -2.34. The Bertz CT molecular complexity index is 535. The summed E-state index contributed by atoms with van der Waals surface area (Å²) < 4.78 is 0. The highest BCUT2D eigenvalue weighted by atomic mass is 16.4. The van der Waals surface area contributed by atoms with Gasteiger partial charge in [0.25, 0.3) is 0 Å². The Morgan fingerprint density at radius 1 is 1.29 bits per heavy atom. The molecule has 114 valence electrons. The van der Waals surface area contributed by atoms with E-state index in [2.05, 4.69) is 5.32 Å². The van der Waals surface area contributed by atoms with Gasteiger partial charge in [-0.05, 0) is 37.6 Å². The summed E-state index contributed by atoms with van der Waals surface area (Å²) in [5.74, 6) is -1.01. The fourth-order valence-corrected chi connectivity index (χ4v) is 1.43. The number of carbonyl (C=O) groups is 2. The average Bonchev–Trinajstić information content (AvgIpc) is 2.45. The molecule has 0 bridgehead atoms. The number of aliphatic carboxylic acids is 1. The van der Waals surface area contributed by atoms with Gasteiger partial charge < -0.3 is 20.4 Å². The van der Waals surface area contributed by atoms with Crippen LogP contribution in [0.2, 0.25) is 0 Å². The predicted octanol–water partition coefficient (Wildman–Crippen LogP) is 2.02. The van der Waals surface area contributed by atoms with Crippen molar-refractivity contribution in [3.63, 3.8) is 0 Å². The molecule has 0 fully saturated rings. The van der Waals surface area contributed by atoms with E-state index >= 15 is 0 Å². The molecule has 0 aliphatic heterocycles. The summed E-state index contributed by atoms with van der Waals surface area (Å²) in [4.78, 5) is 23.9. The van der Waals surface area contributed by atoms with Crippen molar-refractivity contribution >= 4 is 23.8 Å². The lowest BCUT2D eigenvalue weighted by Crippen LogP contribution is -2.49. The lowest BCUT2D eigenvalue weighted by atomic mass is 10.1. The Morgan fingerprint density at radius 3 is 2.33 bits per heavy atom. The lowest BCUT2D eigenvalue weighted by Gasteiger charge is -2.33. The van der Waals surface area contributed by atoms with Crippen molar-refractivity contribution in [1.82, 2.24) is 4.90 Å². The maximum absolute atomic E-state index is 12.0. The minimum absolute atomic E-state index is 0.143. The van der Waals surface area contributed by atoms with E-state index in [1.54, 1.807) is 45.2 Å². The van der Waals surface area contributed by atoms with Crippen molar-refractivity contribution in [2.24, 2.45) is 0 Å². The Balaban J connectivity index is 2.72. The number of urea groups is 1. The number of benzene rings is 1. The summed E-state index contributed by atoms with van der Waals surface area (Å²) in [5.41, 5.74) is 0.654. The monoisotopic (exact) mass is 292 g/mol. The van der Waals surface area contributed by atoms with E-state index in [9.17, 15) is 14.7 Å². The summed E-state index contributed by atoms with van der Waals surface area (Å²) in [7, 11) is 1.61. The fourth-order valence-electron chi connectivity index (χ4n) is 1.43. The van der Waals surface area contributed by atoms with Crippen LogP contribution in [0.3, 0.4) is 0 Å². The number of carboxylic acids is 1. The number of nitrogens with zero attached hydrogens (tertiary/aromatic N) is 1. The second-order valence-electron chi connectivity index (χ2n) is 5.25. The van der Waals surface area contributed by atoms with Crippen molar-refractivity contribution in [1.29, 1.82) is 0 Å². The zero-order chi connectivity index (χ0) is 16.0. The van der Waals surface area contributed by atoms with Crippen LogP contribution in [0.1, 0.15) is 19.4 Å². The molecule has 0 aliphatic carbocycles. The SMILES string of the molecule is CN(C(=O)Nc1ccc(/C=C/C(=O)O)cc1)C(C)(C)CO. The Morgan fingerprint density at radius 2 is 1.86 bits per heavy atom. The predicted molar refractivity (Wildman–Crippen MR) is 81.1 cm³/mol. The maximum Gasteiger partial charge on any atom is 0.328 e. The number of rotatable bonds is 5. The quantitative estimate of drug-likeness (QED) is 0.724. The third kappa shape index (κ3) is 4.92. The molecular formula is C15H20N2O4. The number of aliphatic hydroxyl groups excluding tert-OH is 1. The third-order valence-electron chi connectivity index (χ3n) is 3.18. The fraction of sp³-hybridized carbons (Fsp3) is 0.333. The summed E-state index contributed by atoms with van der Waals surface area (Å²) in [6.45, 7) is 3.37. The number of hydrogen-bond acceptors (Lipinski definition) is 3. The number of hydrogen-bond donors (Lipinski definition) is 3. The van der Waals surface area contributed by atoms with Crippen molar-refractivity contribution in [2.75, 3.05) is 19.0 Å². The third-order valence-corrected chi connectivity index (χ3v) is 3.18. The molecule has 2 amide bonds. The molecule has 0 aromatic heterocycles. The van der Waals surface area contributed by atoms with Gasteiger partial charge in [0.1, 0.15) is 0 Å². The molecule has 0 saturated carbocycles. The number of aliphatic hydroxyl groups is 1.